The van der Waals surface area contributed by atoms with Crippen molar-refractivity contribution >= 4 is 33.5 Å². The predicted octanol–water partition coefficient (Wildman–Crippen LogP) is 0.958. The molecule has 4 N–H and O–H groups in total. The van der Waals surface area contributed by atoms with Crippen LogP contribution >= 0.6 is 21.6 Å². The van der Waals surface area contributed by atoms with Gasteiger partial charge in [0.25, 0.3) is 0 Å². The first-order valence-corrected chi connectivity index (χ1v) is 13.0. The van der Waals surface area contributed by atoms with Crippen LogP contribution in [0, 0.1) is 11.8 Å². The van der Waals surface area contributed by atoms with E-state index >= 15 is 0 Å². The van der Waals surface area contributed by atoms with Crippen molar-refractivity contribution in [1.29, 1.82) is 0 Å². The molecule has 0 saturated carbocycles. The SMILES string of the molecule is CC(C)(OC(=O)CSSCC(=O)OC(C)(C)C1CC[NH2+]CC1)C1CC[NH2+]CC1. The van der Waals surface area contributed by atoms with Gasteiger partial charge >= 0.3 is 11.9 Å². The minimum Gasteiger partial charge on any atom is -0.459 e. The number of carbonyl (C=O) groups excluding carboxylic acids is 2. The van der Waals surface area contributed by atoms with Crippen LogP contribution in [-0.4, -0.2) is 60.8 Å². The van der Waals surface area contributed by atoms with Gasteiger partial charge in [0.2, 0.25) is 0 Å². The average molecular weight is 435 g/mol. The Hall–Kier alpha value is -0.440. The topological polar surface area (TPSA) is 85.8 Å². The van der Waals surface area contributed by atoms with Gasteiger partial charge in [-0.3, -0.25) is 9.59 Å². The molecule has 2 aliphatic rings. The summed E-state index contributed by atoms with van der Waals surface area (Å²) in [5.74, 6) is 0.945. The van der Waals surface area contributed by atoms with Crippen molar-refractivity contribution in [3.63, 3.8) is 0 Å². The summed E-state index contributed by atoms with van der Waals surface area (Å²) in [6.45, 7) is 12.5. The molecule has 0 amide bonds. The van der Waals surface area contributed by atoms with Gasteiger partial charge in [-0.15, -0.1) is 0 Å². The van der Waals surface area contributed by atoms with E-state index in [9.17, 15) is 9.59 Å². The highest BCUT2D eigenvalue weighted by Gasteiger charge is 2.36. The van der Waals surface area contributed by atoms with Crippen LogP contribution in [0.2, 0.25) is 0 Å². The van der Waals surface area contributed by atoms with Gasteiger partial charge in [0, 0.05) is 37.5 Å². The van der Waals surface area contributed by atoms with E-state index in [-0.39, 0.29) is 23.4 Å². The van der Waals surface area contributed by atoms with Crippen LogP contribution in [0.4, 0.5) is 0 Å². The summed E-state index contributed by atoms with van der Waals surface area (Å²) in [5, 5.41) is 4.63. The molecule has 0 bridgehead atoms. The Bertz CT molecular complexity index is 470. The molecule has 0 unspecified atom stereocenters. The highest BCUT2D eigenvalue weighted by Crippen LogP contribution is 2.31. The quantitative estimate of drug-likeness (QED) is 0.319. The first kappa shape index (κ1) is 23.8. The third-order valence-electron chi connectivity index (χ3n) is 6.03. The van der Waals surface area contributed by atoms with Gasteiger partial charge < -0.3 is 20.1 Å². The molecule has 2 saturated heterocycles. The van der Waals surface area contributed by atoms with Crippen LogP contribution < -0.4 is 10.6 Å². The monoisotopic (exact) mass is 434 g/mol. The van der Waals surface area contributed by atoms with Crippen LogP contribution in [0.25, 0.3) is 0 Å². The minimum atomic E-state index is -0.420. The van der Waals surface area contributed by atoms with Crippen molar-refractivity contribution in [2.24, 2.45) is 11.8 Å². The molecular weight excluding hydrogens is 396 g/mol. The molecule has 0 atom stereocenters. The zero-order valence-corrected chi connectivity index (χ0v) is 19.5. The number of quaternary nitrogens is 2. The van der Waals surface area contributed by atoms with E-state index in [1.165, 1.54) is 21.6 Å². The number of esters is 2. The van der Waals surface area contributed by atoms with Crippen LogP contribution in [0.15, 0.2) is 0 Å². The van der Waals surface area contributed by atoms with Crippen LogP contribution in [0.5, 0.6) is 0 Å². The van der Waals surface area contributed by atoms with E-state index in [2.05, 4.69) is 10.6 Å². The van der Waals surface area contributed by atoms with Crippen LogP contribution in [-0.2, 0) is 19.1 Å². The third-order valence-corrected chi connectivity index (χ3v) is 8.11. The maximum absolute atomic E-state index is 12.2. The van der Waals surface area contributed by atoms with Gasteiger partial charge in [0.1, 0.15) is 22.7 Å². The van der Waals surface area contributed by atoms with Gasteiger partial charge in [0.15, 0.2) is 0 Å². The van der Waals surface area contributed by atoms with Gasteiger partial charge in [-0.1, -0.05) is 21.6 Å². The number of ether oxygens (including phenoxy) is 2. The molecule has 162 valence electrons. The maximum atomic E-state index is 12.2. The molecule has 0 aromatic rings. The molecule has 28 heavy (non-hydrogen) atoms. The number of hydrogen-bond donors (Lipinski definition) is 2. The fraction of sp³-hybridized carbons (Fsp3) is 0.900. The summed E-state index contributed by atoms with van der Waals surface area (Å²) < 4.78 is 11.5. The third kappa shape index (κ3) is 7.76. The summed E-state index contributed by atoms with van der Waals surface area (Å²) in [6, 6.07) is 0. The fourth-order valence-electron chi connectivity index (χ4n) is 4.24. The normalized spacial score (nSPS) is 20.0. The molecular formula is C20H38N2O4S2+2. The predicted molar refractivity (Wildman–Crippen MR) is 114 cm³/mol. The highest BCUT2D eigenvalue weighted by molar-refractivity contribution is 8.77. The van der Waals surface area contributed by atoms with Gasteiger partial charge in [0.05, 0.1) is 26.2 Å². The molecule has 0 aromatic carbocycles. The van der Waals surface area contributed by atoms with Crippen molar-refractivity contribution in [2.45, 2.75) is 64.6 Å². The standard InChI is InChI=1S/C20H36N2O4S2/c1-19(2,15-5-9-21-10-6-15)25-17(23)13-27-28-14-18(24)26-20(3,4)16-7-11-22-12-8-16/h15-16,21-22H,5-14H2,1-4H3/p+2. The first-order chi connectivity index (χ1) is 13.2. The second kappa shape index (κ2) is 11.1. The Labute approximate surface area is 177 Å². The van der Waals surface area contributed by atoms with E-state index in [0.717, 1.165) is 51.9 Å². The van der Waals surface area contributed by atoms with E-state index in [1.807, 2.05) is 27.7 Å². The van der Waals surface area contributed by atoms with Crippen molar-refractivity contribution in [3.05, 3.63) is 0 Å². The highest BCUT2D eigenvalue weighted by atomic mass is 33.1. The summed E-state index contributed by atoms with van der Waals surface area (Å²) in [4.78, 5) is 24.4. The second-order valence-corrected chi connectivity index (χ2v) is 11.4. The van der Waals surface area contributed by atoms with E-state index in [1.54, 1.807) is 0 Å². The lowest BCUT2D eigenvalue weighted by Crippen LogP contribution is -2.86. The second-order valence-electron chi connectivity index (χ2n) is 8.96. The summed E-state index contributed by atoms with van der Waals surface area (Å²) in [7, 11) is 2.74. The zero-order valence-electron chi connectivity index (χ0n) is 17.8. The largest absolute Gasteiger partial charge is 0.459 e. The van der Waals surface area contributed by atoms with Gasteiger partial charge in [-0.2, -0.15) is 0 Å². The lowest BCUT2D eigenvalue weighted by atomic mass is 9.83. The van der Waals surface area contributed by atoms with E-state index in [0.29, 0.717) is 11.8 Å². The van der Waals surface area contributed by atoms with Crippen molar-refractivity contribution in [3.8, 4) is 0 Å². The number of nitrogens with two attached hydrogens (primary N) is 2. The Balaban J connectivity index is 1.63. The van der Waals surface area contributed by atoms with Crippen molar-refractivity contribution in [2.75, 3.05) is 37.7 Å². The smallest absolute Gasteiger partial charge is 0.317 e. The molecule has 0 aliphatic carbocycles. The minimum absolute atomic E-state index is 0.204. The molecule has 2 heterocycles. The van der Waals surface area contributed by atoms with Crippen molar-refractivity contribution in [1.82, 2.24) is 0 Å². The molecule has 2 fully saturated rings. The molecule has 8 heteroatoms. The Morgan fingerprint density at radius 2 is 1.07 bits per heavy atom. The Morgan fingerprint density at radius 1 is 0.750 bits per heavy atom. The first-order valence-electron chi connectivity index (χ1n) is 10.5. The number of carbonyl (C=O) groups is 2. The lowest BCUT2D eigenvalue weighted by molar-refractivity contribution is -0.666. The van der Waals surface area contributed by atoms with Gasteiger partial charge in [-0.05, 0) is 27.7 Å². The summed E-state index contributed by atoms with van der Waals surface area (Å²) in [5.41, 5.74) is -0.839. The number of hydrogen-bond acceptors (Lipinski definition) is 6. The molecule has 0 spiro atoms. The lowest BCUT2D eigenvalue weighted by Gasteiger charge is -2.35. The Kier molecular flexibility index (Phi) is 9.44. The van der Waals surface area contributed by atoms with E-state index < -0.39 is 11.2 Å². The average Bonchev–Trinajstić information content (AvgIpc) is 2.66. The summed E-state index contributed by atoms with van der Waals surface area (Å²) in [6.07, 6.45) is 4.34. The molecule has 2 rings (SSSR count). The van der Waals surface area contributed by atoms with Crippen LogP contribution in [0.3, 0.4) is 0 Å². The number of rotatable bonds is 9. The Morgan fingerprint density at radius 3 is 1.39 bits per heavy atom. The molecule has 6 nitrogen and oxygen atoms in total. The molecule has 0 aromatic heterocycles. The fourth-order valence-corrected chi connectivity index (χ4v) is 5.79. The van der Waals surface area contributed by atoms with Gasteiger partial charge in [-0.25, -0.2) is 0 Å². The molecule has 2 aliphatic heterocycles. The zero-order chi connectivity index (χ0) is 20.6. The molecule has 0 radical (unpaired) electrons. The van der Waals surface area contributed by atoms with Crippen LogP contribution in [0.1, 0.15) is 53.4 Å². The number of piperidine rings is 2. The van der Waals surface area contributed by atoms with Crippen molar-refractivity contribution < 1.29 is 29.7 Å². The van der Waals surface area contributed by atoms with E-state index in [4.69, 9.17) is 9.47 Å². The maximum Gasteiger partial charge on any atom is 0.317 e. The summed E-state index contributed by atoms with van der Waals surface area (Å²) >= 11 is 0.